The van der Waals surface area contributed by atoms with Crippen molar-refractivity contribution in [2.75, 3.05) is 12.8 Å². The van der Waals surface area contributed by atoms with E-state index in [0.717, 1.165) is 0 Å². The van der Waals surface area contributed by atoms with Crippen molar-refractivity contribution in [3.05, 3.63) is 11.6 Å². The molecule has 4 N–H and O–H groups in total. The Morgan fingerprint density at radius 2 is 1.78 bits per heavy atom. The molecule has 18 heavy (non-hydrogen) atoms. The maximum atomic E-state index is 10.9. The zero-order valence-corrected chi connectivity index (χ0v) is 16.3. The van der Waals surface area contributed by atoms with Gasteiger partial charge in [-0.3, -0.25) is 8.88 Å². The second kappa shape index (κ2) is 12.7. The smallest absolute Gasteiger partial charge is 0.778 e. The fraction of sp³-hybridized carbons (Fsp3) is 0.667. The van der Waals surface area contributed by atoms with Gasteiger partial charge in [0.1, 0.15) is 7.60 Å². The molecule has 0 amide bonds. The second-order valence-electron chi connectivity index (χ2n) is 2.88. The molecule has 0 saturated heterocycles. The summed E-state index contributed by atoms with van der Waals surface area (Å²) >= 11 is 0. The molecule has 0 aliphatic rings. The number of rotatable bonds is 6. The van der Waals surface area contributed by atoms with Crippen LogP contribution < -0.4 is 68.9 Å². The molecule has 0 aliphatic heterocycles. The van der Waals surface area contributed by atoms with Gasteiger partial charge in [0.15, 0.2) is 0 Å². The predicted molar refractivity (Wildman–Crippen MR) is 52.5 cm³/mol. The number of hydrogen-bond donors (Lipinski definition) is 2. The summed E-state index contributed by atoms with van der Waals surface area (Å²) in [6.45, 7) is 1.38. The van der Waals surface area contributed by atoms with Crippen molar-refractivity contribution in [3.8, 4) is 0 Å². The molecule has 0 aromatic carbocycles. The molecule has 0 bridgehead atoms. The summed E-state index contributed by atoms with van der Waals surface area (Å²) < 4.78 is 24.5. The number of allylic oxidation sites excluding steroid dienone is 1. The summed E-state index contributed by atoms with van der Waals surface area (Å²) in [5, 5.41) is 8.57. The van der Waals surface area contributed by atoms with Gasteiger partial charge in [-0.2, -0.15) is 0 Å². The third-order valence-electron chi connectivity index (χ3n) is 1.37. The second-order valence-corrected chi connectivity index (χ2v) is 6.14. The first-order valence-corrected chi connectivity index (χ1v) is 7.20. The molecule has 0 aliphatic carbocycles. The molecule has 0 fully saturated rings. The van der Waals surface area contributed by atoms with Gasteiger partial charge in [-0.15, -0.1) is 0 Å². The monoisotopic (exact) mass is 322 g/mol. The Hall–Kier alpha value is 1.96. The minimum Gasteiger partial charge on any atom is -0.778 e. The van der Waals surface area contributed by atoms with Gasteiger partial charge in [0.05, 0.1) is 6.61 Å². The minimum atomic E-state index is -5.25. The summed E-state index contributed by atoms with van der Waals surface area (Å²) in [6, 6.07) is 0. The molecule has 98 valence electrons. The van der Waals surface area contributed by atoms with Crippen molar-refractivity contribution >= 4 is 15.4 Å². The van der Waals surface area contributed by atoms with Crippen LogP contribution in [0.5, 0.6) is 0 Å². The molecular weight excluding hydrogens is 308 g/mol. The van der Waals surface area contributed by atoms with Crippen molar-refractivity contribution in [3.63, 3.8) is 0 Å². The van der Waals surface area contributed by atoms with E-state index in [9.17, 15) is 18.9 Å². The van der Waals surface area contributed by atoms with E-state index in [4.69, 9.17) is 10.00 Å². The molecule has 8 nitrogen and oxygen atoms in total. The van der Waals surface area contributed by atoms with Crippen molar-refractivity contribution in [1.29, 1.82) is 0 Å². The number of aliphatic hydroxyl groups is 1. The minimum absolute atomic E-state index is 0. The normalized spacial score (nSPS) is 17.3. The number of aliphatic hydroxyl groups excluding tert-OH is 1. The Morgan fingerprint density at radius 3 is 2.11 bits per heavy atom. The van der Waals surface area contributed by atoms with Crippen molar-refractivity contribution in [2.24, 2.45) is 0 Å². The average molecular weight is 322 g/mol. The fourth-order valence-corrected chi connectivity index (χ4v) is 2.76. The Morgan fingerprint density at radius 1 is 1.33 bits per heavy atom. The van der Waals surface area contributed by atoms with Crippen LogP contribution in [-0.4, -0.2) is 28.2 Å². The first-order chi connectivity index (χ1) is 6.66. The standard InChI is InChI=1S/C6H14O7P2.2Na.H2O/c1-6(5-7)3-2-4-14(8,9)13-15(10,11)12;;;/h3,7H,2,4-5H2,1H3,(H,8,9)(H2,10,11,12);;;1H2/q;2*+1;/p-2/b6-3+;;;. The van der Waals surface area contributed by atoms with Crippen LogP contribution in [0.3, 0.4) is 0 Å². The van der Waals surface area contributed by atoms with Gasteiger partial charge in [-0.05, 0) is 13.3 Å². The van der Waals surface area contributed by atoms with Crippen molar-refractivity contribution in [1.82, 2.24) is 0 Å². The van der Waals surface area contributed by atoms with Gasteiger partial charge >= 0.3 is 59.1 Å². The van der Waals surface area contributed by atoms with E-state index in [1.165, 1.54) is 6.08 Å². The molecular formula is C6H14Na2O8P2. The third kappa shape index (κ3) is 18.0. The van der Waals surface area contributed by atoms with Gasteiger partial charge in [-0.1, -0.05) is 11.6 Å². The largest absolute Gasteiger partial charge is 1.00 e. The van der Waals surface area contributed by atoms with Crippen molar-refractivity contribution in [2.45, 2.75) is 13.3 Å². The third-order valence-corrected chi connectivity index (χ3v) is 4.00. The first-order valence-electron chi connectivity index (χ1n) is 3.98. The molecule has 0 heterocycles. The Bertz CT molecular complexity index is 328. The Balaban J connectivity index is -0.000000327. The van der Waals surface area contributed by atoms with Crippen LogP contribution in [0.15, 0.2) is 11.6 Å². The summed E-state index contributed by atoms with van der Waals surface area (Å²) in [5.41, 5.74) is 0.560. The molecule has 0 aromatic heterocycles. The average Bonchev–Trinajstić information content (AvgIpc) is 1.98. The molecule has 0 rings (SSSR count). The van der Waals surface area contributed by atoms with E-state index in [0.29, 0.717) is 5.57 Å². The summed E-state index contributed by atoms with van der Waals surface area (Å²) in [6.07, 6.45) is 0.880. The molecule has 12 heteroatoms. The Labute approximate surface area is 149 Å². The van der Waals surface area contributed by atoms with E-state index in [-0.39, 0.29) is 77.6 Å². The summed E-state index contributed by atoms with van der Waals surface area (Å²) in [4.78, 5) is 29.2. The maximum Gasteiger partial charge on any atom is 1.00 e. The van der Waals surface area contributed by atoms with Crippen molar-refractivity contribution < 1.29 is 97.8 Å². The first kappa shape index (κ1) is 28.2. The van der Waals surface area contributed by atoms with Crippen LogP contribution in [0.4, 0.5) is 0 Å². The predicted octanol–water partition coefficient (Wildman–Crippen LogP) is -7.47. The number of hydrogen-bond acceptors (Lipinski definition) is 6. The summed E-state index contributed by atoms with van der Waals surface area (Å²) in [5.74, 6) is 0. The topological polar surface area (TPSA) is 161 Å². The zero-order valence-electron chi connectivity index (χ0n) is 10.5. The van der Waals surface area contributed by atoms with E-state index in [2.05, 4.69) is 4.31 Å². The molecule has 0 saturated carbocycles. The molecule has 0 radical (unpaired) electrons. The Kier molecular flexibility index (Phi) is 19.8. The summed E-state index contributed by atoms with van der Waals surface area (Å²) in [7, 11) is -9.84. The molecule has 0 spiro atoms. The molecule has 2 unspecified atom stereocenters. The van der Waals surface area contributed by atoms with E-state index in [1.54, 1.807) is 6.92 Å². The maximum absolute atomic E-state index is 10.9. The molecule has 0 aromatic rings. The van der Waals surface area contributed by atoms with Crippen LogP contribution in [0.1, 0.15) is 13.3 Å². The SMILES string of the molecule is C/C(=C\CCP(=O)([O-])OP(=O)([O-])O)CO.O.[Na+].[Na+]. The van der Waals surface area contributed by atoms with E-state index < -0.39 is 21.6 Å². The van der Waals surface area contributed by atoms with Gasteiger partial charge in [-0.25, -0.2) is 0 Å². The number of phosphoric acid groups is 1. The van der Waals surface area contributed by atoms with Crippen LogP contribution in [0.25, 0.3) is 0 Å². The van der Waals surface area contributed by atoms with Crippen LogP contribution >= 0.6 is 15.4 Å². The van der Waals surface area contributed by atoms with Gasteiger partial charge in [0.25, 0.3) is 7.82 Å². The van der Waals surface area contributed by atoms with E-state index >= 15 is 0 Å². The van der Waals surface area contributed by atoms with Crippen LogP contribution in [0, 0.1) is 0 Å². The van der Waals surface area contributed by atoms with Gasteiger partial charge in [0.2, 0.25) is 0 Å². The van der Waals surface area contributed by atoms with Crippen LogP contribution in [0.2, 0.25) is 0 Å². The quantitative estimate of drug-likeness (QED) is 0.279. The van der Waals surface area contributed by atoms with Crippen LogP contribution in [-0.2, 0) is 13.4 Å². The van der Waals surface area contributed by atoms with Gasteiger partial charge < -0.3 is 29.8 Å². The molecule has 2 atom stereocenters. The van der Waals surface area contributed by atoms with E-state index in [1.807, 2.05) is 0 Å². The fourth-order valence-electron chi connectivity index (χ4n) is 0.732. The zero-order chi connectivity index (χ0) is 12.1. The van der Waals surface area contributed by atoms with Gasteiger partial charge in [0, 0.05) is 6.16 Å².